The molecule has 0 amide bonds. The zero-order chi connectivity index (χ0) is 21.5. The number of quaternary nitrogens is 1. The van der Waals surface area contributed by atoms with Crippen LogP contribution in [0.2, 0.25) is 0 Å². The largest absolute Gasteiger partial charge is 0.870 e. The molecule has 1 aromatic rings. The molecule has 3 aliphatic carbocycles. The number of hydrogen-bond acceptors (Lipinski definition) is 4. The molecule has 1 saturated heterocycles. The topological polar surface area (TPSA) is 69.6 Å². The minimum Gasteiger partial charge on any atom is -0.870 e. The minimum atomic E-state index is -2.64. The maximum Gasteiger partial charge on any atom is 0.174 e. The lowest BCUT2D eigenvalue weighted by Gasteiger charge is -2.64. The summed E-state index contributed by atoms with van der Waals surface area (Å²) in [6, 6.07) is 2.40. The van der Waals surface area contributed by atoms with Gasteiger partial charge >= 0.3 is 0 Å². The summed E-state index contributed by atoms with van der Waals surface area (Å²) in [6.45, 7) is -1.94. The van der Waals surface area contributed by atoms with Gasteiger partial charge < -0.3 is 19.4 Å². The van der Waals surface area contributed by atoms with Crippen molar-refractivity contribution in [1.82, 2.24) is 0 Å². The van der Waals surface area contributed by atoms with E-state index in [9.17, 15) is 17.7 Å². The third-order valence-corrected chi connectivity index (χ3v) is 7.45. The van der Waals surface area contributed by atoms with E-state index in [2.05, 4.69) is 0 Å². The smallest absolute Gasteiger partial charge is 0.174 e. The number of halogens is 1. The molecule has 5 atom stereocenters. The van der Waals surface area contributed by atoms with Crippen LogP contribution in [0.3, 0.4) is 0 Å². The predicted octanol–water partition coefficient (Wildman–Crippen LogP) is 1.62. The Bertz CT molecular complexity index is 1020. The molecule has 6 rings (SSSR count). The number of rotatable bonds is 2. The van der Waals surface area contributed by atoms with E-state index in [-0.39, 0.29) is 51.4 Å². The van der Waals surface area contributed by atoms with Crippen molar-refractivity contribution in [2.75, 3.05) is 20.1 Å². The van der Waals surface area contributed by atoms with Gasteiger partial charge in [-0.1, -0.05) is 17.9 Å². The van der Waals surface area contributed by atoms with Gasteiger partial charge in [0.25, 0.3) is 0 Å². The molecule has 1 aromatic carbocycles. The Kier molecular flexibility index (Phi) is 2.73. The lowest BCUT2D eigenvalue weighted by atomic mass is 9.48. The maximum atomic E-state index is 13.0. The van der Waals surface area contributed by atoms with Crippen LogP contribution in [0.1, 0.15) is 48.7 Å². The molecule has 0 radical (unpaired) electrons. The SMILES string of the molecule is Br.[2H]C1([2H])C23c4c5ccc([O-])c4OC2C(=O)CC[C@]3(O)C(C5)[N+](C)(CC2CC2)C1([2H])[2H]. The van der Waals surface area contributed by atoms with Crippen LogP contribution in [0.4, 0.5) is 0 Å². The Morgan fingerprint density at radius 2 is 2.22 bits per heavy atom. The molecular weight excluding hydrogens is 410 g/mol. The van der Waals surface area contributed by atoms with Crippen LogP contribution in [0, 0.1) is 5.92 Å². The molecule has 27 heavy (non-hydrogen) atoms. The second-order valence-corrected chi connectivity index (χ2v) is 8.97. The zero-order valence-corrected chi connectivity index (χ0v) is 16.9. The Morgan fingerprint density at radius 1 is 1.44 bits per heavy atom. The van der Waals surface area contributed by atoms with E-state index in [0.29, 0.717) is 24.4 Å². The molecule has 2 heterocycles. The van der Waals surface area contributed by atoms with Gasteiger partial charge in [-0.3, -0.25) is 4.79 Å². The van der Waals surface area contributed by atoms with Crippen molar-refractivity contribution < 1.29 is 29.7 Å². The van der Waals surface area contributed by atoms with Gasteiger partial charge in [0.05, 0.1) is 28.2 Å². The molecule has 6 heteroatoms. The van der Waals surface area contributed by atoms with Crippen LogP contribution in [0.15, 0.2) is 12.1 Å². The first-order valence-electron chi connectivity index (χ1n) is 11.5. The van der Waals surface area contributed by atoms with Crippen molar-refractivity contribution in [2.45, 2.75) is 61.6 Å². The van der Waals surface area contributed by atoms with Crippen molar-refractivity contribution in [3.8, 4) is 11.5 Å². The summed E-state index contributed by atoms with van der Waals surface area (Å²) in [5.74, 6) is -0.605. The molecule has 2 saturated carbocycles. The number of likely N-dealkylation sites (N-methyl/N-ethyl adjacent to an activating group) is 1. The fraction of sp³-hybridized carbons (Fsp3) is 0.667. The Balaban J connectivity index is 0.00000204. The van der Waals surface area contributed by atoms with Gasteiger partial charge in [-0.25, -0.2) is 0 Å². The highest BCUT2D eigenvalue weighted by molar-refractivity contribution is 8.93. The van der Waals surface area contributed by atoms with E-state index < -0.39 is 41.8 Å². The average Bonchev–Trinajstić information content (AvgIpc) is 3.39. The maximum absolute atomic E-state index is 13.0. The number of ether oxygens (including phenoxy) is 1. The van der Waals surface area contributed by atoms with Crippen molar-refractivity contribution in [2.24, 2.45) is 5.92 Å². The minimum absolute atomic E-state index is 0. The molecule has 5 aliphatic rings. The summed E-state index contributed by atoms with van der Waals surface area (Å²) in [6.07, 6.45) is -1.66. The molecule has 5 nitrogen and oxygen atoms in total. The summed E-state index contributed by atoms with van der Waals surface area (Å²) in [5, 5.41) is 24.9. The van der Waals surface area contributed by atoms with Crippen molar-refractivity contribution in [3.05, 3.63) is 23.3 Å². The van der Waals surface area contributed by atoms with Crippen LogP contribution in [-0.2, 0) is 16.6 Å². The van der Waals surface area contributed by atoms with Gasteiger partial charge in [0.1, 0.15) is 17.4 Å². The Labute approximate surface area is 175 Å². The van der Waals surface area contributed by atoms with Gasteiger partial charge in [0, 0.05) is 33.4 Å². The number of benzene rings is 1. The molecule has 2 bridgehead atoms. The van der Waals surface area contributed by atoms with Gasteiger partial charge in [0.15, 0.2) is 11.9 Å². The standard InChI is InChI=1S/C21H25NO4.BrH/c1-22(11-12-2-3-12)9-8-20-17-13-4-5-14(23)18(17)26-19(20)15(24)6-7-21(20,25)16(22)10-13;/h4-5,12,16,19,25H,2-3,6-11H2,1H3;1H/t16?,19?,20?,21-,22?;/m0./s1/i8D2,9D2;. The summed E-state index contributed by atoms with van der Waals surface area (Å²) in [7, 11) is 1.72. The Hall–Kier alpha value is -1.11. The van der Waals surface area contributed by atoms with E-state index in [1.54, 1.807) is 13.1 Å². The molecule has 146 valence electrons. The Morgan fingerprint density at radius 3 is 2.96 bits per heavy atom. The van der Waals surface area contributed by atoms with Crippen LogP contribution in [0.5, 0.6) is 11.5 Å². The van der Waals surface area contributed by atoms with Gasteiger partial charge in [-0.15, -0.1) is 17.0 Å². The number of nitrogens with zero attached hydrogens (tertiary/aromatic N) is 1. The van der Waals surface area contributed by atoms with Crippen molar-refractivity contribution >= 4 is 22.8 Å². The first kappa shape index (κ1) is 14.0. The highest BCUT2D eigenvalue weighted by Gasteiger charge is 2.76. The van der Waals surface area contributed by atoms with Gasteiger partial charge in [0.2, 0.25) is 0 Å². The third-order valence-electron chi connectivity index (χ3n) is 7.45. The first-order chi connectivity index (χ1) is 13.9. The predicted molar refractivity (Wildman–Crippen MR) is 102 cm³/mol. The zero-order valence-electron chi connectivity index (χ0n) is 19.2. The van der Waals surface area contributed by atoms with E-state index in [1.165, 1.54) is 6.07 Å². The number of ketones is 1. The van der Waals surface area contributed by atoms with Crippen LogP contribution in [-0.4, -0.2) is 53.2 Å². The molecule has 2 aliphatic heterocycles. The number of likely N-dealkylation sites (tertiary alicyclic amines) is 1. The van der Waals surface area contributed by atoms with Crippen LogP contribution >= 0.6 is 17.0 Å². The first-order valence-corrected chi connectivity index (χ1v) is 9.54. The van der Waals surface area contributed by atoms with E-state index >= 15 is 0 Å². The second-order valence-electron chi connectivity index (χ2n) is 8.97. The van der Waals surface area contributed by atoms with Crippen LogP contribution in [0.25, 0.3) is 0 Å². The highest BCUT2D eigenvalue weighted by Crippen LogP contribution is 2.65. The van der Waals surface area contributed by atoms with E-state index in [0.717, 1.165) is 12.8 Å². The number of aliphatic hydroxyl groups is 1. The van der Waals surface area contributed by atoms with Crippen LogP contribution < -0.4 is 9.84 Å². The number of Topliss-reactive ketones (excluding diaryl/α,β-unsaturated/α-hetero) is 1. The monoisotopic (exact) mass is 439 g/mol. The third kappa shape index (κ3) is 1.94. The van der Waals surface area contributed by atoms with E-state index in [1.807, 2.05) is 0 Å². The molecule has 1 spiro atoms. The fourth-order valence-electron chi connectivity index (χ4n) is 6.07. The summed E-state index contributed by atoms with van der Waals surface area (Å²) < 4.78 is 42.2. The quantitative estimate of drug-likeness (QED) is 0.710. The normalized spacial score (nSPS) is 49.5. The number of hydrogen-bond donors (Lipinski definition) is 1. The average molecular weight is 440 g/mol. The van der Waals surface area contributed by atoms with Crippen molar-refractivity contribution in [3.63, 3.8) is 0 Å². The lowest BCUT2D eigenvalue weighted by Crippen LogP contribution is -2.80. The van der Waals surface area contributed by atoms with Gasteiger partial charge in [-0.05, 0) is 24.8 Å². The molecule has 3 fully saturated rings. The van der Waals surface area contributed by atoms with Gasteiger partial charge in [-0.2, -0.15) is 0 Å². The summed E-state index contributed by atoms with van der Waals surface area (Å²) in [5.41, 5.74) is -2.68. The molecule has 4 unspecified atom stereocenters. The molecule has 0 aromatic heterocycles. The lowest BCUT2D eigenvalue weighted by molar-refractivity contribution is -0.950. The van der Waals surface area contributed by atoms with Crippen molar-refractivity contribution in [1.29, 1.82) is 0 Å². The summed E-state index contributed by atoms with van der Waals surface area (Å²) in [4.78, 5) is 13.0. The molecular formula is C21H26BrNO4. The fourth-order valence-corrected chi connectivity index (χ4v) is 6.07. The van der Waals surface area contributed by atoms with E-state index in [4.69, 9.17) is 7.48 Å². The summed E-state index contributed by atoms with van der Waals surface area (Å²) >= 11 is 0. The number of carbonyl (C=O) groups excluding carboxylic acids is 1. The number of piperidine rings is 1. The number of carbonyl (C=O) groups is 1. The molecule has 1 N–H and O–H groups in total. The second kappa shape index (κ2) is 5.28. The highest BCUT2D eigenvalue weighted by atomic mass is 79.9.